The Hall–Kier alpha value is -1.53. The average molecular weight is 267 g/mol. The van der Waals surface area contributed by atoms with Crippen molar-refractivity contribution in [3.05, 3.63) is 24.3 Å². The zero-order valence-electron chi connectivity index (χ0n) is 10.4. The Labute approximate surface area is 110 Å². The molecule has 6 heteroatoms. The molecule has 0 saturated carbocycles. The SMILES string of the molecule is CC(C)(N)C(=O)Nc1ccccc1SCC(N)=O. The van der Waals surface area contributed by atoms with Crippen LogP contribution in [0.25, 0.3) is 0 Å². The minimum Gasteiger partial charge on any atom is -0.369 e. The molecule has 0 fully saturated rings. The van der Waals surface area contributed by atoms with Crippen LogP contribution in [-0.2, 0) is 9.59 Å². The fourth-order valence-corrected chi connectivity index (χ4v) is 1.88. The lowest BCUT2D eigenvalue weighted by Gasteiger charge is -2.19. The van der Waals surface area contributed by atoms with Gasteiger partial charge in [-0.1, -0.05) is 12.1 Å². The molecule has 5 N–H and O–H groups in total. The van der Waals surface area contributed by atoms with Gasteiger partial charge < -0.3 is 16.8 Å². The van der Waals surface area contributed by atoms with Gasteiger partial charge in [-0.2, -0.15) is 0 Å². The van der Waals surface area contributed by atoms with Gasteiger partial charge in [0.15, 0.2) is 0 Å². The Bertz CT molecular complexity index is 455. The number of carbonyl (C=O) groups excluding carboxylic acids is 2. The van der Waals surface area contributed by atoms with Crippen LogP contribution in [0.2, 0.25) is 0 Å². The van der Waals surface area contributed by atoms with Crippen LogP contribution in [0.15, 0.2) is 29.2 Å². The molecule has 0 heterocycles. The van der Waals surface area contributed by atoms with E-state index in [1.165, 1.54) is 11.8 Å². The summed E-state index contributed by atoms with van der Waals surface area (Å²) in [7, 11) is 0. The monoisotopic (exact) mass is 267 g/mol. The van der Waals surface area contributed by atoms with Gasteiger partial charge in [-0.3, -0.25) is 9.59 Å². The highest BCUT2D eigenvalue weighted by atomic mass is 32.2. The lowest BCUT2D eigenvalue weighted by molar-refractivity contribution is -0.120. The molecule has 5 nitrogen and oxygen atoms in total. The van der Waals surface area contributed by atoms with Gasteiger partial charge in [0.1, 0.15) is 0 Å². The quantitative estimate of drug-likeness (QED) is 0.691. The molecule has 0 spiro atoms. The number of anilines is 1. The summed E-state index contributed by atoms with van der Waals surface area (Å²) in [4.78, 5) is 23.3. The number of hydrogen-bond donors (Lipinski definition) is 3. The van der Waals surface area contributed by atoms with Crippen molar-refractivity contribution in [3.63, 3.8) is 0 Å². The molecule has 1 rings (SSSR count). The highest BCUT2D eigenvalue weighted by Gasteiger charge is 2.22. The van der Waals surface area contributed by atoms with Crippen molar-refractivity contribution in [2.75, 3.05) is 11.1 Å². The number of amides is 2. The molecule has 0 bridgehead atoms. The Morgan fingerprint density at radius 1 is 1.33 bits per heavy atom. The van der Waals surface area contributed by atoms with Crippen LogP contribution < -0.4 is 16.8 Å². The van der Waals surface area contributed by atoms with Crippen molar-refractivity contribution >= 4 is 29.3 Å². The van der Waals surface area contributed by atoms with Crippen LogP contribution in [0, 0.1) is 0 Å². The molecule has 0 atom stereocenters. The zero-order valence-corrected chi connectivity index (χ0v) is 11.2. The van der Waals surface area contributed by atoms with Crippen molar-refractivity contribution in [2.24, 2.45) is 11.5 Å². The smallest absolute Gasteiger partial charge is 0.243 e. The molecule has 0 saturated heterocycles. The van der Waals surface area contributed by atoms with E-state index in [0.717, 1.165) is 4.90 Å². The van der Waals surface area contributed by atoms with Crippen LogP contribution in [0.4, 0.5) is 5.69 Å². The maximum absolute atomic E-state index is 11.8. The second-order valence-corrected chi connectivity index (χ2v) is 5.44. The average Bonchev–Trinajstić information content (AvgIpc) is 2.26. The maximum Gasteiger partial charge on any atom is 0.243 e. The third-order valence-electron chi connectivity index (χ3n) is 2.09. The van der Waals surface area contributed by atoms with Crippen molar-refractivity contribution < 1.29 is 9.59 Å². The maximum atomic E-state index is 11.8. The van der Waals surface area contributed by atoms with Gasteiger partial charge in [0, 0.05) is 4.90 Å². The molecule has 0 aromatic heterocycles. The second-order valence-electron chi connectivity index (χ2n) is 4.43. The van der Waals surface area contributed by atoms with Crippen molar-refractivity contribution in [2.45, 2.75) is 24.3 Å². The predicted molar refractivity (Wildman–Crippen MR) is 73.3 cm³/mol. The van der Waals surface area contributed by atoms with Crippen molar-refractivity contribution in [3.8, 4) is 0 Å². The number of carbonyl (C=O) groups is 2. The van der Waals surface area contributed by atoms with E-state index in [1.807, 2.05) is 12.1 Å². The Morgan fingerprint density at radius 3 is 2.50 bits per heavy atom. The Morgan fingerprint density at radius 2 is 1.94 bits per heavy atom. The number of para-hydroxylation sites is 1. The molecule has 1 aromatic rings. The summed E-state index contributed by atoms with van der Waals surface area (Å²) < 4.78 is 0. The molecular formula is C12H17N3O2S. The van der Waals surface area contributed by atoms with E-state index >= 15 is 0 Å². The highest BCUT2D eigenvalue weighted by molar-refractivity contribution is 8.00. The van der Waals surface area contributed by atoms with E-state index in [4.69, 9.17) is 11.5 Å². The number of nitrogens with one attached hydrogen (secondary N) is 1. The third kappa shape index (κ3) is 4.38. The molecule has 1 aromatic carbocycles. The van der Waals surface area contributed by atoms with Crippen molar-refractivity contribution in [1.82, 2.24) is 0 Å². The topological polar surface area (TPSA) is 98.2 Å². The van der Waals surface area contributed by atoms with Crippen LogP contribution in [-0.4, -0.2) is 23.1 Å². The van der Waals surface area contributed by atoms with Crippen LogP contribution in [0.1, 0.15) is 13.8 Å². The summed E-state index contributed by atoms with van der Waals surface area (Å²) in [6.07, 6.45) is 0. The minimum absolute atomic E-state index is 0.166. The van der Waals surface area contributed by atoms with E-state index in [0.29, 0.717) is 5.69 Å². The number of rotatable bonds is 5. The second kappa shape index (κ2) is 5.88. The molecule has 0 aliphatic carbocycles. The number of nitrogens with two attached hydrogens (primary N) is 2. The first-order valence-electron chi connectivity index (χ1n) is 5.41. The predicted octanol–water partition coefficient (Wildman–Crippen LogP) is 0.940. The van der Waals surface area contributed by atoms with Gasteiger partial charge in [0.05, 0.1) is 17.0 Å². The molecule has 0 unspecified atom stereocenters. The highest BCUT2D eigenvalue weighted by Crippen LogP contribution is 2.27. The standard InChI is InChI=1S/C12H17N3O2S/c1-12(2,14)11(17)15-8-5-3-4-6-9(8)18-7-10(13)16/h3-6H,7,14H2,1-2H3,(H2,13,16)(H,15,17). The number of benzene rings is 1. The number of thioether (sulfide) groups is 1. The summed E-state index contributed by atoms with van der Waals surface area (Å²) in [5, 5.41) is 2.74. The number of hydrogen-bond acceptors (Lipinski definition) is 4. The first-order chi connectivity index (χ1) is 8.30. The van der Waals surface area contributed by atoms with E-state index in [9.17, 15) is 9.59 Å². The van der Waals surface area contributed by atoms with Gasteiger partial charge in [-0.15, -0.1) is 11.8 Å². The fourth-order valence-electron chi connectivity index (χ4n) is 1.13. The molecule has 0 radical (unpaired) electrons. The summed E-state index contributed by atoms with van der Waals surface area (Å²) in [5.41, 5.74) is 10.5. The molecule has 0 aliphatic rings. The summed E-state index contributed by atoms with van der Waals surface area (Å²) in [5.74, 6) is -0.520. The molecule has 2 amide bonds. The number of primary amides is 1. The van der Waals surface area contributed by atoms with Crippen LogP contribution >= 0.6 is 11.8 Å². The van der Waals surface area contributed by atoms with Crippen LogP contribution in [0.5, 0.6) is 0 Å². The lowest BCUT2D eigenvalue weighted by Crippen LogP contribution is -2.45. The van der Waals surface area contributed by atoms with Gasteiger partial charge in [0.25, 0.3) is 0 Å². The normalized spacial score (nSPS) is 11.1. The summed E-state index contributed by atoms with van der Waals surface area (Å²) >= 11 is 1.28. The Balaban J connectivity index is 2.82. The molecular weight excluding hydrogens is 250 g/mol. The Kier molecular flexibility index (Phi) is 4.75. The van der Waals surface area contributed by atoms with Gasteiger partial charge in [-0.05, 0) is 26.0 Å². The van der Waals surface area contributed by atoms with Crippen molar-refractivity contribution in [1.29, 1.82) is 0 Å². The molecule has 0 aliphatic heterocycles. The first-order valence-corrected chi connectivity index (χ1v) is 6.39. The van der Waals surface area contributed by atoms with Gasteiger partial charge in [-0.25, -0.2) is 0 Å². The minimum atomic E-state index is -0.957. The molecule has 98 valence electrons. The largest absolute Gasteiger partial charge is 0.369 e. The lowest BCUT2D eigenvalue weighted by atomic mass is 10.1. The van der Waals surface area contributed by atoms with Crippen LogP contribution in [0.3, 0.4) is 0 Å². The van der Waals surface area contributed by atoms with E-state index in [2.05, 4.69) is 5.32 Å². The first kappa shape index (κ1) is 14.5. The summed E-state index contributed by atoms with van der Waals surface area (Å²) in [6, 6.07) is 7.19. The van der Waals surface area contributed by atoms with E-state index in [1.54, 1.807) is 26.0 Å². The van der Waals surface area contributed by atoms with Gasteiger partial charge in [0.2, 0.25) is 11.8 Å². The third-order valence-corrected chi connectivity index (χ3v) is 3.19. The zero-order chi connectivity index (χ0) is 13.8. The van der Waals surface area contributed by atoms with Gasteiger partial charge >= 0.3 is 0 Å². The fraction of sp³-hybridized carbons (Fsp3) is 0.333. The summed E-state index contributed by atoms with van der Waals surface area (Å²) in [6.45, 7) is 3.25. The molecule has 18 heavy (non-hydrogen) atoms. The van der Waals surface area contributed by atoms with E-state index in [-0.39, 0.29) is 11.7 Å². The van der Waals surface area contributed by atoms with E-state index < -0.39 is 11.4 Å².